The third-order valence-electron chi connectivity index (χ3n) is 3.40. The molecule has 2 heterocycles. The van der Waals surface area contributed by atoms with Gasteiger partial charge in [0, 0.05) is 24.7 Å². The van der Waals surface area contributed by atoms with Gasteiger partial charge in [-0.1, -0.05) is 0 Å². The summed E-state index contributed by atoms with van der Waals surface area (Å²) in [4.78, 5) is 6.14. The fraction of sp³-hybridized carbons (Fsp3) is 0.308. The third kappa shape index (κ3) is 1.68. The van der Waals surface area contributed by atoms with Crippen molar-refractivity contribution in [1.29, 1.82) is 0 Å². The van der Waals surface area contributed by atoms with Crippen LogP contribution < -0.4 is 10.6 Å². The summed E-state index contributed by atoms with van der Waals surface area (Å²) in [7, 11) is 0. The van der Waals surface area contributed by atoms with E-state index in [0.717, 1.165) is 16.6 Å². The molecule has 2 unspecified atom stereocenters. The lowest BCUT2D eigenvalue weighted by atomic mass is 10.1. The molecule has 0 bridgehead atoms. The Labute approximate surface area is 104 Å². The van der Waals surface area contributed by atoms with Gasteiger partial charge in [0.15, 0.2) is 0 Å². The summed E-state index contributed by atoms with van der Waals surface area (Å²) in [6.45, 7) is 0.800. The molecular weight excluding hydrogens is 230 g/mol. The van der Waals surface area contributed by atoms with Crippen molar-refractivity contribution < 1.29 is 10.2 Å². The molecule has 1 aromatic heterocycles. The van der Waals surface area contributed by atoms with E-state index < -0.39 is 12.2 Å². The van der Waals surface area contributed by atoms with Crippen molar-refractivity contribution in [3.05, 3.63) is 30.5 Å². The molecule has 18 heavy (non-hydrogen) atoms. The van der Waals surface area contributed by atoms with Crippen LogP contribution in [-0.4, -0.2) is 40.5 Å². The quantitative estimate of drug-likeness (QED) is 0.632. The summed E-state index contributed by atoms with van der Waals surface area (Å²) in [6.07, 6.45) is 0.299. The van der Waals surface area contributed by atoms with Crippen LogP contribution in [0.2, 0.25) is 0 Å². The summed E-state index contributed by atoms with van der Waals surface area (Å²) < 4.78 is 0. The molecule has 1 aromatic carbocycles. The van der Waals surface area contributed by atoms with Crippen molar-refractivity contribution in [2.45, 2.75) is 12.2 Å². The third-order valence-corrected chi connectivity index (χ3v) is 3.40. The average molecular weight is 245 g/mol. The minimum absolute atomic E-state index is 0.400. The Morgan fingerprint density at radius 3 is 2.61 bits per heavy atom. The summed E-state index contributed by atoms with van der Waals surface area (Å²) in [6, 6.07) is 7.55. The number of nitrogen functional groups attached to an aromatic ring is 1. The number of hydrogen-bond acceptors (Lipinski definition) is 5. The van der Waals surface area contributed by atoms with E-state index in [9.17, 15) is 10.2 Å². The van der Waals surface area contributed by atoms with Crippen LogP contribution in [0.25, 0.3) is 10.9 Å². The van der Waals surface area contributed by atoms with Crippen LogP contribution in [0.1, 0.15) is 0 Å². The van der Waals surface area contributed by atoms with Crippen LogP contribution in [0.15, 0.2) is 30.5 Å². The van der Waals surface area contributed by atoms with Crippen molar-refractivity contribution >= 4 is 22.3 Å². The second-order valence-electron chi connectivity index (χ2n) is 4.61. The van der Waals surface area contributed by atoms with Crippen LogP contribution in [0, 0.1) is 0 Å². The molecule has 0 spiro atoms. The average Bonchev–Trinajstić information content (AvgIpc) is 2.70. The standard InChI is InChI=1S/C13H15N3O2/c14-13-8-2-1-5-15-9(8)3-4-10(13)16-6-11(17)12(18)7-16/h1-5,11-12,17-18H,6-7,14H2. The summed E-state index contributed by atoms with van der Waals surface area (Å²) in [5.74, 6) is 0. The molecule has 4 N–H and O–H groups in total. The summed E-state index contributed by atoms with van der Waals surface area (Å²) >= 11 is 0. The number of nitrogens with zero attached hydrogens (tertiary/aromatic N) is 2. The van der Waals surface area contributed by atoms with Crippen molar-refractivity contribution in [2.75, 3.05) is 23.7 Å². The predicted molar refractivity (Wildman–Crippen MR) is 70.4 cm³/mol. The van der Waals surface area contributed by atoms with Gasteiger partial charge in [-0.2, -0.15) is 0 Å². The zero-order valence-electron chi connectivity index (χ0n) is 9.82. The van der Waals surface area contributed by atoms with E-state index in [-0.39, 0.29) is 0 Å². The van der Waals surface area contributed by atoms with Gasteiger partial charge in [-0.25, -0.2) is 0 Å². The van der Waals surface area contributed by atoms with Crippen molar-refractivity contribution in [3.8, 4) is 0 Å². The molecule has 3 rings (SSSR count). The van der Waals surface area contributed by atoms with E-state index in [4.69, 9.17) is 5.73 Å². The maximum Gasteiger partial charge on any atom is 0.0990 e. The van der Waals surface area contributed by atoms with Gasteiger partial charge in [-0.15, -0.1) is 0 Å². The van der Waals surface area contributed by atoms with Gasteiger partial charge in [-0.05, 0) is 24.3 Å². The lowest BCUT2D eigenvalue weighted by Gasteiger charge is -2.20. The normalized spacial score (nSPS) is 23.8. The molecule has 94 valence electrons. The van der Waals surface area contributed by atoms with Gasteiger partial charge in [-0.3, -0.25) is 4.98 Å². The maximum atomic E-state index is 9.59. The fourth-order valence-corrected chi connectivity index (χ4v) is 2.41. The summed E-state index contributed by atoms with van der Waals surface area (Å²) in [5, 5.41) is 20.1. The zero-order valence-corrected chi connectivity index (χ0v) is 9.82. The van der Waals surface area contributed by atoms with Crippen LogP contribution >= 0.6 is 0 Å². The van der Waals surface area contributed by atoms with Crippen LogP contribution in [0.5, 0.6) is 0 Å². The number of nitrogens with two attached hydrogens (primary N) is 1. The Balaban J connectivity index is 2.05. The molecule has 2 aromatic rings. The van der Waals surface area contributed by atoms with Crippen LogP contribution in [0.3, 0.4) is 0 Å². The second kappa shape index (κ2) is 4.12. The number of aliphatic hydroxyl groups is 2. The highest BCUT2D eigenvalue weighted by Crippen LogP contribution is 2.32. The number of anilines is 2. The van der Waals surface area contributed by atoms with Gasteiger partial charge >= 0.3 is 0 Å². The van der Waals surface area contributed by atoms with E-state index >= 15 is 0 Å². The highest BCUT2D eigenvalue weighted by atomic mass is 16.3. The van der Waals surface area contributed by atoms with Gasteiger partial charge in [0.05, 0.1) is 29.1 Å². The largest absolute Gasteiger partial charge is 0.396 e. The predicted octanol–water partition coefficient (Wildman–Crippen LogP) is 0.359. The first-order valence-corrected chi connectivity index (χ1v) is 5.91. The molecule has 1 aliphatic heterocycles. The molecule has 0 amide bonds. The van der Waals surface area contributed by atoms with Gasteiger partial charge in [0.2, 0.25) is 0 Å². The molecule has 5 nitrogen and oxygen atoms in total. The Hall–Kier alpha value is -1.85. The topological polar surface area (TPSA) is 82.6 Å². The van der Waals surface area contributed by atoms with Gasteiger partial charge in [0.1, 0.15) is 0 Å². The number of pyridine rings is 1. The molecular formula is C13H15N3O2. The highest BCUT2D eigenvalue weighted by Gasteiger charge is 2.30. The Kier molecular flexibility index (Phi) is 2.57. The smallest absolute Gasteiger partial charge is 0.0990 e. The SMILES string of the molecule is Nc1c(N2CC(O)C(O)C2)ccc2ncccc12. The molecule has 1 saturated heterocycles. The minimum Gasteiger partial charge on any atom is -0.396 e. The Morgan fingerprint density at radius 1 is 1.17 bits per heavy atom. The van der Waals surface area contributed by atoms with Crippen molar-refractivity contribution in [2.24, 2.45) is 0 Å². The molecule has 5 heteroatoms. The lowest BCUT2D eigenvalue weighted by molar-refractivity contribution is 0.0572. The number of hydrogen-bond donors (Lipinski definition) is 3. The second-order valence-corrected chi connectivity index (χ2v) is 4.61. The fourth-order valence-electron chi connectivity index (χ4n) is 2.41. The maximum absolute atomic E-state index is 9.59. The number of β-amino-alcohol motifs (C(OH)–C–C–N with tert-alkyl or cyclic N) is 2. The number of rotatable bonds is 1. The van der Waals surface area contributed by atoms with Crippen molar-refractivity contribution in [1.82, 2.24) is 4.98 Å². The van der Waals surface area contributed by atoms with Crippen LogP contribution in [-0.2, 0) is 0 Å². The Morgan fingerprint density at radius 2 is 1.89 bits per heavy atom. The molecule has 0 saturated carbocycles. The highest BCUT2D eigenvalue weighted by molar-refractivity contribution is 5.97. The number of aliphatic hydroxyl groups excluding tert-OH is 2. The van der Waals surface area contributed by atoms with E-state index in [1.165, 1.54) is 0 Å². The molecule has 1 aliphatic rings. The first kappa shape index (κ1) is 11.3. The number of fused-ring (bicyclic) bond motifs is 1. The molecule has 0 aliphatic carbocycles. The monoisotopic (exact) mass is 245 g/mol. The first-order chi connectivity index (χ1) is 8.66. The Bertz CT molecular complexity index is 577. The van der Waals surface area contributed by atoms with Crippen molar-refractivity contribution in [3.63, 3.8) is 0 Å². The summed E-state index contributed by atoms with van der Waals surface area (Å²) in [5.41, 5.74) is 8.47. The van der Waals surface area contributed by atoms with E-state index in [1.807, 2.05) is 29.2 Å². The minimum atomic E-state index is -0.714. The lowest BCUT2D eigenvalue weighted by Crippen LogP contribution is -2.22. The molecule has 0 radical (unpaired) electrons. The number of benzene rings is 1. The van der Waals surface area contributed by atoms with Gasteiger partial charge in [0.25, 0.3) is 0 Å². The van der Waals surface area contributed by atoms with E-state index in [2.05, 4.69) is 4.98 Å². The zero-order chi connectivity index (χ0) is 12.7. The first-order valence-electron chi connectivity index (χ1n) is 5.91. The molecule has 2 atom stereocenters. The molecule has 1 fully saturated rings. The van der Waals surface area contributed by atoms with Crippen LogP contribution in [0.4, 0.5) is 11.4 Å². The van der Waals surface area contributed by atoms with E-state index in [0.29, 0.717) is 18.8 Å². The number of aromatic nitrogens is 1. The van der Waals surface area contributed by atoms with E-state index in [1.54, 1.807) is 6.20 Å². The van der Waals surface area contributed by atoms with Gasteiger partial charge < -0.3 is 20.8 Å².